The van der Waals surface area contributed by atoms with Gasteiger partial charge in [-0.2, -0.15) is 0 Å². The molecule has 2 atom stereocenters. The van der Waals surface area contributed by atoms with E-state index in [1.54, 1.807) is 4.68 Å². The summed E-state index contributed by atoms with van der Waals surface area (Å²) in [6, 6.07) is 9.72. The number of carbonyl (C=O) groups excluding carboxylic acids is 1. The average Bonchev–Trinajstić information content (AvgIpc) is 3.21. The number of rotatable bonds is 14. The molecule has 2 aromatic rings. The number of ether oxygens (including phenoxy) is 2. The van der Waals surface area contributed by atoms with E-state index < -0.39 is 8.07 Å². The van der Waals surface area contributed by atoms with Gasteiger partial charge in [0.15, 0.2) is 5.82 Å². The van der Waals surface area contributed by atoms with Crippen molar-refractivity contribution >= 4 is 14.0 Å². The molecule has 2 rings (SSSR count). The molecule has 0 amide bonds. The van der Waals surface area contributed by atoms with Crippen LogP contribution in [0.1, 0.15) is 42.6 Å². The predicted molar refractivity (Wildman–Crippen MR) is 137 cm³/mol. The van der Waals surface area contributed by atoms with Crippen LogP contribution in [0.2, 0.25) is 25.7 Å². The third kappa shape index (κ3) is 9.27. The van der Waals surface area contributed by atoms with E-state index >= 15 is 0 Å². The number of hydrogen-bond acceptors (Lipinski definition) is 6. The summed E-state index contributed by atoms with van der Waals surface area (Å²) in [5.41, 5.74) is 2.43. The number of nitrogens with zero attached hydrogens (tertiary/aromatic N) is 5. The molecule has 190 valence electrons. The number of tetrazole rings is 1. The Balaban J connectivity index is 2.27. The van der Waals surface area contributed by atoms with Crippen molar-refractivity contribution in [2.24, 2.45) is 5.92 Å². The first-order valence-corrected chi connectivity index (χ1v) is 15.9. The zero-order valence-electron chi connectivity index (χ0n) is 22.4. The van der Waals surface area contributed by atoms with Crippen molar-refractivity contribution < 1.29 is 18.8 Å². The lowest BCUT2D eigenvalue weighted by molar-refractivity contribution is -0.884. The van der Waals surface area contributed by atoms with Crippen molar-refractivity contribution in [3.8, 4) is 0 Å². The first-order valence-electron chi connectivity index (χ1n) is 12.2. The number of carbonyl (C=O) groups is 1. The molecule has 0 saturated carbocycles. The summed E-state index contributed by atoms with van der Waals surface area (Å²) in [6.07, 6.45) is 2.23. The van der Waals surface area contributed by atoms with Crippen LogP contribution >= 0.6 is 0 Å². The van der Waals surface area contributed by atoms with Crippen LogP contribution in [0.4, 0.5) is 0 Å². The third-order valence-corrected chi connectivity index (χ3v) is 7.53. The Bertz CT molecular complexity index is 887. The summed E-state index contributed by atoms with van der Waals surface area (Å²) in [5, 5.41) is 12.5. The second kappa shape index (κ2) is 12.6. The summed E-state index contributed by atoms with van der Waals surface area (Å²) in [5.74, 6) is -0.0742. The van der Waals surface area contributed by atoms with Crippen LogP contribution in [-0.2, 0) is 34.0 Å². The first-order chi connectivity index (χ1) is 15.9. The van der Waals surface area contributed by atoms with Gasteiger partial charge in [0.05, 0.1) is 34.2 Å². The first kappa shape index (κ1) is 28.1. The molecule has 0 spiro atoms. The molecule has 0 bridgehead atoms. The fraction of sp³-hybridized carbons (Fsp3) is 0.680. The summed E-state index contributed by atoms with van der Waals surface area (Å²) in [6.45, 7) is 11.0. The quantitative estimate of drug-likeness (QED) is 0.172. The molecule has 34 heavy (non-hydrogen) atoms. The maximum absolute atomic E-state index is 12.8. The number of quaternary nitrogens is 1. The molecule has 0 N–H and O–H groups in total. The van der Waals surface area contributed by atoms with Gasteiger partial charge in [-0.25, -0.2) is 4.68 Å². The molecule has 0 aliphatic rings. The van der Waals surface area contributed by atoms with Gasteiger partial charge in [-0.3, -0.25) is 4.79 Å². The maximum atomic E-state index is 12.8. The predicted octanol–water partition coefficient (Wildman–Crippen LogP) is 4.11. The molecule has 0 saturated heterocycles. The number of aromatic nitrogens is 4. The lowest BCUT2D eigenvalue weighted by Gasteiger charge is -2.25. The summed E-state index contributed by atoms with van der Waals surface area (Å²) in [4.78, 5) is 12.8. The third-order valence-electron chi connectivity index (χ3n) is 5.83. The Morgan fingerprint density at radius 3 is 2.32 bits per heavy atom. The molecular formula is C25H44N5O3Si+. The molecule has 1 aromatic carbocycles. The summed E-state index contributed by atoms with van der Waals surface area (Å²) < 4.78 is 13.7. The van der Waals surface area contributed by atoms with Crippen molar-refractivity contribution in [3.05, 3.63) is 41.2 Å². The average molecular weight is 491 g/mol. The van der Waals surface area contributed by atoms with Crippen LogP contribution in [0.25, 0.3) is 0 Å². The van der Waals surface area contributed by atoms with E-state index in [1.165, 1.54) is 12.7 Å². The minimum atomic E-state index is -1.18. The monoisotopic (exact) mass is 490 g/mol. The van der Waals surface area contributed by atoms with Gasteiger partial charge in [0.1, 0.15) is 13.3 Å². The van der Waals surface area contributed by atoms with Gasteiger partial charge in [-0.05, 0) is 34.9 Å². The van der Waals surface area contributed by atoms with E-state index in [0.717, 1.165) is 29.1 Å². The fourth-order valence-corrected chi connectivity index (χ4v) is 4.80. The van der Waals surface area contributed by atoms with Crippen molar-refractivity contribution in [1.29, 1.82) is 0 Å². The van der Waals surface area contributed by atoms with Gasteiger partial charge in [-0.15, -0.1) is 5.10 Å². The van der Waals surface area contributed by atoms with E-state index in [2.05, 4.69) is 87.5 Å². The highest BCUT2D eigenvalue weighted by molar-refractivity contribution is 6.76. The van der Waals surface area contributed by atoms with Crippen LogP contribution < -0.4 is 0 Å². The number of methoxy groups -OCH3 is 1. The van der Waals surface area contributed by atoms with Crippen LogP contribution in [0.3, 0.4) is 0 Å². The molecular weight excluding hydrogens is 446 g/mol. The molecule has 0 radical (unpaired) electrons. The molecule has 0 aliphatic heterocycles. The minimum Gasteiger partial charge on any atom is -0.469 e. The zero-order chi connectivity index (χ0) is 25.4. The largest absolute Gasteiger partial charge is 0.469 e. The Labute approximate surface area is 206 Å². The van der Waals surface area contributed by atoms with Gasteiger partial charge < -0.3 is 14.0 Å². The van der Waals surface area contributed by atoms with Gasteiger partial charge in [0, 0.05) is 26.2 Å². The Morgan fingerprint density at radius 2 is 1.76 bits per heavy atom. The molecule has 0 aliphatic carbocycles. The van der Waals surface area contributed by atoms with Crippen LogP contribution in [0.15, 0.2) is 24.3 Å². The molecule has 0 fully saturated rings. The minimum absolute atomic E-state index is 0.202. The molecule has 0 unspecified atom stereocenters. The fourth-order valence-electron chi connectivity index (χ4n) is 4.04. The van der Waals surface area contributed by atoms with Crippen molar-refractivity contribution in [1.82, 2.24) is 20.2 Å². The van der Waals surface area contributed by atoms with Gasteiger partial charge in [0.25, 0.3) is 0 Å². The van der Waals surface area contributed by atoms with Gasteiger partial charge >= 0.3 is 5.97 Å². The molecule has 1 heterocycles. The topological polar surface area (TPSA) is 79.1 Å². The lowest BCUT2D eigenvalue weighted by Crippen LogP contribution is -2.33. The van der Waals surface area contributed by atoms with Crippen molar-refractivity contribution in [2.75, 3.05) is 34.9 Å². The second-order valence-electron chi connectivity index (χ2n) is 11.4. The van der Waals surface area contributed by atoms with Gasteiger partial charge in [0.2, 0.25) is 0 Å². The smallest absolute Gasteiger partial charge is 0.309 e. The SMILES string of the molecule is CCC[C@H](C(=O)OC)[C@H](Cc1ccc(C[N+](C)(C)C)cc1)c1nnnn1COCC[Si](C)(C)C. The highest BCUT2D eigenvalue weighted by Crippen LogP contribution is 2.32. The summed E-state index contributed by atoms with van der Waals surface area (Å²) in [7, 11) is 6.81. The lowest BCUT2D eigenvalue weighted by atomic mass is 9.83. The van der Waals surface area contributed by atoms with Crippen molar-refractivity contribution in [2.45, 2.75) is 71.1 Å². The second-order valence-corrected chi connectivity index (χ2v) is 17.0. The maximum Gasteiger partial charge on any atom is 0.309 e. The number of hydrogen-bond donors (Lipinski definition) is 0. The normalized spacial score (nSPS) is 14.1. The van der Waals surface area contributed by atoms with Crippen LogP contribution in [0, 0.1) is 5.92 Å². The molecule has 1 aromatic heterocycles. The molecule has 8 nitrogen and oxygen atoms in total. The Hall–Kier alpha value is -2.10. The highest BCUT2D eigenvalue weighted by atomic mass is 28.3. The van der Waals surface area contributed by atoms with Crippen LogP contribution in [0.5, 0.6) is 0 Å². The zero-order valence-corrected chi connectivity index (χ0v) is 23.4. The van der Waals surface area contributed by atoms with E-state index in [4.69, 9.17) is 9.47 Å². The highest BCUT2D eigenvalue weighted by Gasteiger charge is 2.34. The number of benzene rings is 1. The Morgan fingerprint density at radius 1 is 1.12 bits per heavy atom. The van der Waals surface area contributed by atoms with Crippen molar-refractivity contribution in [3.63, 3.8) is 0 Å². The summed E-state index contributed by atoms with van der Waals surface area (Å²) >= 11 is 0. The van der Waals surface area contributed by atoms with Gasteiger partial charge in [-0.1, -0.05) is 57.3 Å². The van der Waals surface area contributed by atoms with Crippen LogP contribution in [-0.4, -0.2) is 73.6 Å². The van der Waals surface area contributed by atoms with E-state index in [1.807, 2.05) is 0 Å². The van der Waals surface area contributed by atoms with E-state index in [0.29, 0.717) is 25.3 Å². The Kier molecular flexibility index (Phi) is 10.4. The van der Waals surface area contributed by atoms with E-state index in [9.17, 15) is 4.79 Å². The molecule has 9 heteroatoms. The van der Waals surface area contributed by atoms with E-state index in [-0.39, 0.29) is 24.5 Å². The standard InChI is InChI=1S/C25H44N5O3Si/c1-9-10-22(25(31)32-5)23(17-20-11-13-21(14-12-20)18-30(2,3)4)24-26-27-28-29(24)19-33-15-16-34(6,7)8/h11-14,22-23H,9-10,15-19H2,1-8H3/q+1/t22-,23-/m0/s1. The number of esters is 1.